The second-order valence-corrected chi connectivity index (χ2v) is 9.24. The number of carbonyl (C=O) groups is 2. The third-order valence-corrected chi connectivity index (χ3v) is 6.89. The van der Waals surface area contributed by atoms with Crippen LogP contribution in [0.3, 0.4) is 0 Å². The molecule has 0 spiro atoms. The summed E-state index contributed by atoms with van der Waals surface area (Å²) in [6.07, 6.45) is 0.743. The van der Waals surface area contributed by atoms with Gasteiger partial charge in [0.1, 0.15) is 23.4 Å². The van der Waals surface area contributed by atoms with Gasteiger partial charge in [0.2, 0.25) is 0 Å². The molecule has 0 saturated carbocycles. The second kappa shape index (κ2) is 8.78. The summed E-state index contributed by atoms with van der Waals surface area (Å²) in [5.41, 5.74) is 3.40. The third kappa shape index (κ3) is 3.94. The highest BCUT2D eigenvalue weighted by atomic mass is 35.5. The Morgan fingerprint density at radius 2 is 1.83 bits per heavy atom. The normalized spacial score (nSPS) is 20.6. The zero-order chi connectivity index (χ0) is 24.9. The lowest BCUT2D eigenvalue weighted by Crippen LogP contribution is -2.29. The lowest BCUT2D eigenvalue weighted by Gasteiger charge is -2.26. The fourth-order valence-electron chi connectivity index (χ4n) is 4.66. The predicted molar refractivity (Wildman–Crippen MR) is 134 cm³/mol. The highest BCUT2D eigenvalue weighted by molar-refractivity contribution is 6.51. The third-order valence-electron chi connectivity index (χ3n) is 6.48. The van der Waals surface area contributed by atoms with Gasteiger partial charge in [-0.3, -0.25) is 14.5 Å². The Morgan fingerprint density at radius 1 is 1.09 bits per heavy atom. The van der Waals surface area contributed by atoms with Gasteiger partial charge in [0.05, 0.1) is 18.7 Å². The van der Waals surface area contributed by atoms with E-state index < -0.39 is 17.7 Å². The van der Waals surface area contributed by atoms with Gasteiger partial charge in [-0.15, -0.1) is 0 Å². The van der Waals surface area contributed by atoms with Gasteiger partial charge in [-0.2, -0.15) is 0 Å². The summed E-state index contributed by atoms with van der Waals surface area (Å²) in [5, 5.41) is 11.9. The summed E-state index contributed by atoms with van der Waals surface area (Å²) in [4.78, 5) is 28.1. The molecule has 1 amide bonds. The molecule has 2 aliphatic heterocycles. The van der Waals surface area contributed by atoms with Crippen molar-refractivity contribution in [1.82, 2.24) is 0 Å². The van der Waals surface area contributed by atoms with Gasteiger partial charge >= 0.3 is 0 Å². The van der Waals surface area contributed by atoms with Gasteiger partial charge < -0.3 is 14.6 Å². The number of hydrogen-bond acceptors (Lipinski definition) is 5. The number of methoxy groups -OCH3 is 1. The molecule has 2 unspecified atom stereocenters. The van der Waals surface area contributed by atoms with E-state index in [-0.39, 0.29) is 17.4 Å². The number of ketones is 1. The maximum absolute atomic E-state index is 13.4. The summed E-state index contributed by atoms with van der Waals surface area (Å²) >= 11 is 6.36. The molecular weight excluding hydrogens is 466 g/mol. The van der Waals surface area contributed by atoms with Gasteiger partial charge in [-0.05, 0) is 73.0 Å². The minimum atomic E-state index is -0.844. The van der Waals surface area contributed by atoms with Crippen LogP contribution in [0, 0.1) is 6.92 Å². The Hall–Kier alpha value is -3.77. The number of aliphatic hydroxyl groups excluding tert-OH is 1. The molecule has 2 heterocycles. The minimum absolute atomic E-state index is 0.0174. The fraction of sp³-hybridized carbons (Fsp3) is 0.214. The van der Waals surface area contributed by atoms with Crippen molar-refractivity contribution in [1.29, 1.82) is 0 Å². The zero-order valence-electron chi connectivity index (χ0n) is 19.5. The van der Waals surface area contributed by atoms with Crippen LogP contribution in [0.5, 0.6) is 11.5 Å². The first-order valence-corrected chi connectivity index (χ1v) is 11.7. The van der Waals surface area contributed by atoms with Crippen LogP contribution >= 0.6 is 11.6 Å². The molecule has 35 heavy (non-hydrogen) atoms. The van der Waals surface area contributed by atoms with E-state index in [9.17, 15) is 14.7 Å². The summed E-state index contributed by atoms with van der Waals surface area (Å²) in [6, 6.07) is 16.7. The zero-order valence-corrected chi connectivity index (χ0v) is 20.3. The van der Waals surface area contributed by atoms with Gasteiger partial charge in [0, 0.05) is 22.7 Å². The van der Waals surface area contributed by atoms with E-state index in [1.54, 1.807) is 61.7 Å². The topological polar surface area (TPSA) is 76.1 Å². The van der Waals surface area contributed by atoms with Crippen LogP contribution in [-0.4, -0.2) is 30.0 Å². The number of aryl methyl sites for hydroxylation is 1. The molecule has 0 aromatic heterocycles. The number of hydrogen-bond donors (Lipinski definition) is 1. The van der Waals surface area contributed by atoms with Gasteiger partial charge in [-0.25, -0.2) is 0 Å². The van der Waals surface area contributed by atoms with Crippen molar-refractivity contribution in [3.8, 4) is 11.5 Å². The number of aliphatic hydroxyl groups is 1. The molecule has 0 bridgehead atoms. The summed E-state index contributed by atoms with van der Waals surface area (Å²) in [6.45, 7) is 3.83. The summed E-state index contributed by atoms with van der Waals surface area (Å²) in [7, 11) is 1.56. The van der Waals surface area contributed by atoms with Gasteiger partial charge in [-0.1, -0.05) is 29.8 Å². The number of halogens is 1. The summed E-state index contributed by atoms with van der Waals surface area (Å²) < 4.78 is 11.0. The van der Waals surface area contributed by atoms with Crippen molar-refractivity contribution in [2.24, 2.45) is 0 Å². The molecule has 0 aliphatic carbocycles. The average Bonchev–Trinajstić information content (AvgIpc) is 3.36. The first-order chi connectivity index (χ1) is 16.8. The standard InChI is InChI=1S/C28H24ClNO5/c1-15-4-8-20(14-22(15)29)30-25(17-5-9-21(34-3)10-6-17)24(27(32)28(30)33)26(31)18-7-11-23-19(13-18)12-16(2)35-23/h4-11,13-14,16,25,31H,12H2,1-3H3/b26-24-. The molecule has 178 valence electrons. The van der Waals surface area contributed by atoms with Crippen LogP contribution < -0.4 is 14.4 Å². The minimum Gasteiger partial charge on any atom is -0.507 e. The van der Waals surface area contributed by atoms with Crippen molar-refractivity contribution in [2.75, 3.05) is 12.0 Å². The molecule has 0 radical (unpaired) electrons. The Kier molecular flexibility index (Phi) is 5.77. The molecule has 2 atom stereocenters. The molecule has 2 aliphatic rings. The molecular formula is C28H24ClNO5. The molecule has 5 rings (SSSR count). The maximum Gasteiger partial charge on any atom is 0.300 e. The maximum atomic E-state index is 13.4. The van der Waals surface area contributed by atoms with Crippen LogP contribution in [-0.2, 0) is 16.0 Å². The number of amides is 1. The van der Waals surface area contributed by atoms with E-state index in [1.165, 1.54) is 4.90 Å². The quantitative estimate of drug-likeness (QED) is 0.293. The van der Waals surface area contributed by atoms with E-state index in [0.717, 1.165) is 16.9 Å². The van der Waals surface area contributed by atoms with Crippen LogP contribution in [0.15, 0.2) is 66.2 Å². The van der Waals surface area contributed by atoms with Crippen LogP contribution in [0.1, 0.15) is 35.2 Å². The van der Waals surface area contributed by atoms with Gasteiger partial charge in [0.15, 0.2) is 0 Å². The van der Waals surface area contributed by atoms with E-state index in [0.29, 0.717) is 34.0 Å². The lowest BCUT2D eigenvalue weighted by atomic mass is 9.94. The SMILES string of the molecule is COc1ccc(C2/C(=C(/O)c3ccc4c(c3)CC(C)O4)C(=O)C(=O)N2c2ccc(C)c(Cl)c2)cc1. The van der Waals surface area contributed by atoms with E-state index in [1.807, 2.05) is 19.9 Å². The van der Waals surface area contributed by atoms with E-state index in [4.69, 9.17) is 21.1 Å². The Labute approximate surface area is 208 Å². The molecule has 7 heteroatoms. The highest BCUT2D eigenvalue weighted by Gasteiger charge is 2.47. The average molecular weight is 490 g/mol. The van der Waals surface area contributed by atoms with Gasteiger partial charge in [0.25, 0.3) is 11.7 Å². The predicted octanol–water partition coefficient (Wildman–Crippen LogP) is 5.61. The number of Topliss-reactive ketones (excluding diaryl/α,β-unsaturated/α-hetero) is 1. The van der Waals surface area contributed by atoms with E-state index >= 15 is 0 Å². The number of anilines is 1. The molecule has 1 fully saturated rings. The number of carbonyl (C=O) groups excluding carboxylic acids is 2. The lowest BCUT2D eigenvalue weighted by molar-refractivity contribution is -0.132. The molecule has 1 N–H and O–H groups in total. The first-order valence-electron chi connectivity index (χ1n) is 11.3. The Bertz CT molecular complexity index is 1380. The van der Waals surface area contributed by atoms with Crippen molar-refractivity contribution in [3.63, 3.8) is 0 Å². The smallest absolute Gasteiger partial charge is 0.300 e. The van der Waals surface area contributed by atoms with Crippen LogP contribution in [0.4, 0.5) is 5.69 Å². The number of nitrogens with zero attached hydrogens (tertiary/aromatic N) is 1. The van der Waals surface area contributed by atoms with Crippen LogP contribution in [0.2, 0.25) is 5.02 Å². The molecule has 1 saturated heterocycles. The monoisotopic (exact) mass is 489 g/mol. The molecule has 6 nitrogen and oxygen atoms in total. The number of ether oxygens (including phenoxy) is 2. The highest BCUT2D eigenvalue weighted by Crippen LogP contribution is 2.43. The van der Waals surface area contributed by atoms with E-state index in [2.05, 4.69) is 0 Å². The first kappa shape index (κ1) is 23.0. The van der Waals surface area contributed by atoms with Crippen molar-refractivity contribution in [3.05, 3.63) is 93.5 Å². The number of rotatable bonds is 4. The summed E-state index contributed by atoms with van der Waals surface area (Å²) in [5.74, 6) is -0.324. The molecule has 3 aromatic carbocycles. The van der Waals surface area contributed by atoms with Crippen LogP contribution in [0.25, 0.3) is 5.76 Å². The van der Waals surface area contributed by atoms with Crippen molar-refractivity contribution >= 4 is 34.7 Å². The Balaban J connectivity index is 1.69. The second-order valence-electron chi connectivity index (χ2n) is 8.83. The molecule has 3 aromatic rings. The van der Waals surface area contributed by atoms with Crippen molar-refractivity contribution in [2.45, 2.75) is 32.4 Å². The number of benzene rings is 3. The Morgan fingerprint density at radius 3 is 2.51 bits per heavy atom. The largest absolute Gasteiger partial charge is 0.507 e. The number of fused-ring (bicyclic) bond motifs is 1. The van der Waals surface area contributed by atoms with Crippen molar-refractivity contribution < 1.29 is 24.2 Å². The fourth-order valence-corrected chi connectivity index (χ4v) is 4.83.